The van der Waals surface area contributed by atoms with Crippen LogP contribution in [0, 0.1) is 0 Å². The number of anilines is 1. The van der Waals surface area contributed by atoms with Gasteiger partial charge in [-0.15, -0.1) is 0 Å². The van der Waals surface area contributed by atoms with E-state index >= 15 is 0 Å². The number of nitrogens with zero attached hydrogens (tertiary/aromatic N) is 1. The highest BCUT2D eigenvalue weighted by Crippen LogP contribution is 2.18. The number of unbranched alkanes of at least 4 members (excludes halogenated alkanes) is 2. The van der Waals surface area contributed by atoms with Crippen LogP contribution in [0.2, 0.25) is 0 Å². The van der Waals surface area contributed by atoms with Crippen LogP contribution in [0.4, 0.5) is 5.69 Å². The van der Waals surface area contributed by atoms with Gasteiger partial charge in [0.2, 0.25) is 0 Å². The molecule has 0 saturated carbocycles. The third-order valence-electron chi connectivity index (χ3n) is 3.89. The minimum atomic E-state index is 0.289. The molecule has 0 radical (unpaired) electrons. The van der Waals surface area contributed by atoms with Crippen LogP contribution in [0.1, 0.15) is 58.4 Å². The molecule has 0 aliphatic heterocycles. The van der Waals surface area contributed by atoms with Crippen LogP contribution in [-0.2, 0) is 6.42 Å². The summed E-state index contributed by atoms with van der Waals surface area (Å²) in [5.74, 6) is 0. The van der Waals surface area contributed by atoms with Gasteiger partial charge in [0.1, 0.15) is 0 Å². The number of hydrogen-bond acceptors (Lipinski definition) is 2. The summed E-state index contributed by atoms with van der Waals surface area (Å²) in [7, 11) is 0. The average Bonchev–Trinajstić information content (AvgIpc) is 2.48. The van der Waals surface area contributed by atoms with Gasteiger partial charge in [-0.25, -0.2) is 0 Å². The molecule has 0 aromatic heterocycles. The lowest BCUT2D eigenvalue weighted by Gasteiger charge is -2.25. The number of benzene rings is 1. The Morgan fingerprint density at radius 3 is 1.95 bits per heavy atom. The van der Waals surface area contributed by atoms with Gasteiger partial charge in [-0.1, -0.05) is 45.7 Å². The molecule has 0 aliphatic carbocycles. The van der Waals surface area contributed by atoms with Gasteiger partial charge >= 0.3 is 0 Å². The van der Waals surface area contributed by atoms with Gasteiger partial charge in [0.25, 0.3) is 0 Å². The molecule has 1 atom stereocenters. The quantitative estimate of drug-likeness (QED) is 0.687. The molecule has 114 valence electrons. The zero-order valence-electron chi connectivity index (χ0n) is 13.6. The molecular weight excluding hydrogens is 244 g/mol. The van der Waals surface area contributed by atoms with Crippen molar-refractivity contribution in [3.63, 3.8) is 0 Å². The van der Waals surface area contributed by atoms with Gasteiger partial charge in [-0.2, -0.15) is 0 Å². The van der Waals surface area contributed by atoms with Crippen LogP contribution in [0.5, 0.6) is 0 Å². The summed E-state index contributed by atoms with van der Waals surface area (Å²) in [4.78, 5) is 2.52. The molecule has 0 heterocycles. The molecule has 2 nitrogen and oxygen atoms in total. The fourth-order valence-corrected chi connectivity index (χ4v) is 2.36. The maximum Gasteiger partial charge on any atom is 0.0366 e. The van der Waals surface area contributed by atoms with E-state index in [-0.39, 0.29) is 6.04 Å². The van der Waals surface area contributed by atoms with E-state index in [4.69, 9.17) is 5.73 Å². The van der Waals surface area contributed by atoms with Gasteiger partial charge < -0.3 is 10.6 Å². The first-order chi connectivity index (χ1) is 9.71. The zero-order chi connectivity index (χ0) is 14.8. The molecule has 0 fully saturated rings. The molecule has 20 heavy (non-hydrogen) atoms. The van der Waals surface area contributed by atoms with Crippen molar-refractivity contribution < 1.29 is 0 Å². The lowest BCUT2D eigenvalue weighted by Crippen LogP contribution is -2.25. The highest BCUT2D eigenvalue weighted by molar-refractivity contribution is 5.47. The Kier molecular flexibility index (Phi) is 8.36. The summed E-state index contributed by atoms with van der Waals surface area (Å²) in [6.07, 6.45) is 7.08. The van der Waals surface area contributed by atoms with Crippen LogP contribution >= 0.6 is 0 Å². The van der Waals surface area contributed by atoms with Crippen molar-refractivity contribution >= 4 is 5.69 Å². The predicted molar refractivity (Wildman–Crippen MR) is 90.4 cm³/mol. The predicted octanol–water partition coefficient (Wildman–Crippen LogP) is 4.37. The van der Waals surface area contributed by atoms with E-state index in [0.717, 1.165) is 12.8 Å². The Morgan fingerprint density at radius 2 is 1.50 bits per heavy atom. The van der Waals surface area contributed by atoms with Gasteiger partial charge in [0, 0.05) is 24.8 Å². The third-order valence-corrected chi connectivity index (χ3v) is 3.89. The molecule has 0 amide bonds. The first kappa shape index (κ1) is 17.0. The van der Waals surface area contributed by atoms with Crippen molar-refractivity contribution in [1.29, 1.82) is 0 Å². The van der Waals surface area contributed by atoms with E-state index in [1.165, 1.54) is 50.0 Å². The molecular formula is C18H32N2. The van der Waals surface area contributed by atoms with E-state index < -0.39 is 0 Å². The summed E-state index contributed by atoms with van der Waals surface area (Å²) < 4.78 is 0. The largest absolute Gasteiger partial charge is 0.372 e. The summed E-state index contributed by atoms with van der Waals surface area (Å²) in [6.45, 7) is 9.01. The third kappa shape index (κ3) is 5.96. The summed E-state index contributed by atoms with van der Waals surface area (Å²) in [5.41, 5.74) is 8.74. The maximum absolute atomic E-state index is 6.02. The van der Waals surface area contributed by atoms with Crippen molar-refractivity contribution in [3.05, 3.63) is 29.8 Å². The summed E-state index contributed by atoms with van der Waals surface area (Å²) in [6, 6.07) is 9.31. The van der Waals surface area contributed by atoms with Crippen LogP contribution in [0.15, 0.2) is 24.3 Å². The van der Waals surface area contributed by atoms with E-state index in [1.807, 2.05) is 0 Å². The van der Waals surface area contributed by atoms with Crippen LogP contribution in [0.25, 0.3) is 0 Å². The van der Waals surface area contributed by atoms with Crippen molar-refractivity contribution in [3.8, 4) is 0 Å². The van der Waals surface area contributed by atoms with Gasteiger partial charge in [0.15, 0.2) is 0 Å². The van der Waals surface area contributed by atoms with Gasteiger partial charge in [-0.05, 0) is 43.4 Å². The summed E-state index contributed by atoms with van der Waals surface area (Å²) in [5, 5.41) is 0. The molecule has 1 aromatic rings. The second kappa shape index (κ2) is 9.82. The fourth-order valence-electron chi connectivity index (χ4n) is 2.36. The Hall–Kier alpha value is -1.02. The van der Waals surface area contributed by atoms with E-state index in [0.29, 0.717) is 0 Å². The Labute approximate surface area is 125 Å². The average molecular weight is 276 g/mol. The van der Waals surface area contributed by atoms with Crippen molar-refractivity contribution in [1.82, 2.24) is 0 Å². The molecule has 1 unspecified atom stereocenters. The molecule has 0 spiro atoms. The van der Waals surface area contributed by atoms with Gasteiger partial charge in [0.05, 0.1) is 0 Å². The first-order valence-electron chi connectivity index (χ1n) is 8.30. The van der Waals surface area contributed by atoms with Crippen LogP contribution < -0.4 is 10.6 Å². The standard InChI is InChI=1S/C18H32N2/c1-4-7-13-20(14-8-5-2)18-11-9-16(10-12-18)15-17(19)6-3/h9-12,17H,4-8,13-15,19H2,1-3H3. The minimum absolute atomic E-state index is 0.289. The SMILES string of the molecule is CCCCN(CCCC)c1ccc(CC(N)CC)cc1. The van der Waals surface area contributed by atoms with Crippen molar-refractivity contribution in [2.45, 2.75) is 65.3 Å². The smallest absolute Gasteiger partial charge is 0.0366 e. The molecule has 1 rings (SSSR count). The van der Waals surface area contributed by atoms with E-state index in [1.54, 1.807) is 0 Å². The summed E-state index contributed by atoms with van der Waals surface area (Å²) >= 11 is 0. The molecule has 2 N–H and O–H groups in total. The minimum Gasteiger partial charge on any atom is -0.372 e. The highest BCUT2D eigenvalue weighted by atomic mass is 15.1. The second-order valence-corrected chi connectivity index (χ2v) is 5.73. The number of hydrogen-bond donors (Lipinski definition) is 1. The lowest BCUT2D eigenvalue weighted by molar-refractivity contribution is 0.646. The molecule has 2 heteroatoms. The Bertz CT molecular complexity index is 337. The topological polar surface area (TPSA) is 29.3 Å². The normalized spacial score (nSPS) is 12.4. The number of rotatable bonds is 10. The Balaban J connectivity index is 2.65. The number of nitrogens with two attached hydrogens (primary N) is 1. The van der Waals surface area contributed by atoms with Crippen LogP contribution in [-0.4, -0.2) is 19.1 Å². The monoisotopic (exact) mass is 276 g/mol. The Morgan fingerprint density at radius 1 is 0.950 bits per heavy atom. The molecule has 0 saturated heterocycles. The van der Waals surface area contributed by atoms with Crippen molar-refractivity contribution in [2.75, 3.05) is 18.0 Å². The first-order valence-corrected chi connectivity index (χ1v) is 8.30. The molecule has 0 aliphatic rings. The highest BCUT2D eigenvalue weighted by Gasteiger charge is 2.06. The van der Waals surface area contributed by atoms with Crippen LogP contribution in [0.3, 0.4) is 0 Å². The van der Waals surface area contributed by atoms with Gasteiger partial charge in [-0.3, -0.25) is 0 Å². The molecule has 0 bridgehead atoms. The zero-order valence-corrected chi connectivity index (χ0v) is 13.6. The molecule has 1 aromatic carbocycles. The second-order valence-electron chi connectivity index (χ2n) is 5.73. The van der Waals surface area contributed by atoms with E-state index in [2.05, 4.69) is 49.9 Å². The fraction of sp³-hybridized carbons (Fsp3) is 0.667. The maximum atomic E-state index is 6.02. The van der Waals surface area contributed by atoms with E-state index in [9.17, 15) is 0 Å². The lowest BCUT2D eigenvalue weighted by atomic mass is 10.0. The van der Waals surface area contributed by atoms with Crippen molar-refractivity contribution in [2.24, 2.45) is 5.73 Å².